The van der Waals surface area contributed by atoms with E-state index in [0.29, 0.717) is 24.0 Å². The number of nitrogens with two attached hydrogens (primary N) is 1. The van der Waals surface area contributed by atoms with Crippen molar-refractivity contribution in [3.63, 3.8) is 0 Å². The molecule has 35 heavy (non-hydrogen) atoms. The Balaban J connectivity index is 1.45. The minimum absolute atomic E-state index is 0.0109. The standard InChI is InChI=1S/C25H31N7O3/c1-24(2)14-30(20(33)12-28-15-5-6-15)19-11-17(7-8-18(19)24)32-21(34)25(3,4)31(23(32)35)13-16-9-10-27-22(26)29-16/h7-11,15,28H,5-6,12-14H2,1-4H3,(H2,26,27,29). The van der Waals surface area contributed by atoms with Gasteiger partial charge in [0, 0.05) is 29.9 Å². The van der Waals surface area contributed by atoms with E-state index in [9.17, 15) is 14.4 Å². The molecule has 1 aliphatic carbocycles. The Bertz CT molecular complexity index is 1220. The number of anilines is 3. The Morgan fingerprint density at radius 3 is 2.60 bits per heavy atom. The molecule has 10 nitrogen and oxygen atoms in total. The van der Waals surface area contributed by atoms with Gasteiger partial charge in [-0.3, -0.25) is 9.59 Å². The highest BCUT2D eigenvalue weighted by atomic mass is 16.2. The van der Waals surface area contributed by atoms with Gasteiger partial charge in [-0.25, -0.2) is 19.7 Å². The molecule has 4 amide bonds. The molecule has 2 aromatic rings. The molecular weight excluding hydrogens is 446 g/mol. The minimum atomic E-state index is -1.08. The first-order chi connectivity index (χ1) is 16.5. The van der Waals surface area contributed by atoms with Gasteiger partial charge >= 0.3 is 6.03 Å². The number of aromatic nitrogens is 2. The van der Waals surface area contributed by atoms with Crippen LogP contribution in [-0.4, -0.2) is 57.4 Å². The van der Waals surface area contributed by atoms with E-state index in [1.165, 1.54) is 16.0 Å². The summed E-state index contributed by atoms with van der Waals surface area (Å²) in [5.41, 5.74) is 7.13. The number of amides is 4. The third-order valence-corrected chi connectivity index (χ3v) is 7.11. The highest BCUT2D eigenvalue weighted by Gasteiger charge is 2.52. The van der Waals surface area contributed by atoms with Gasteiger partial charge in [0.15, 0.2) is 0 Å². The van der Waals surface area contributed by atoms with E-state index in [1.807, 2.05) is 6.07 Å². The van der Waals surface area contributed by atoms with Crippen molar-refractivity contribution in [2.45, 2.75) is 64.1 Å². The summed E-state index contributed by atoms with van der Waals surface area (Å²) in [6.45, 7) is 8.56. The van der Waals surface area contributed by atoms with E-state index in [-0.39, 0.29) is 36.3 Å². The van der Waals surface area contributed by atoms with Crippen LogP contribution in [0.15, 0.2) is 30.5 Å². The highest BCUT2D eigenvalue weighted by Crippen LogP contribution is 2.44. The van der Waals surface area contributed by atoms with Gasteiger partial charge in [-0.05, 0) is 50.5 Å². The van der Waals surface area contributed by atoms with Crippen LogP contribution in [0.4, 0.5) is 22.1 Å². The predicted molar refractivity (Wildman–Crippen MR) is 132 cm³/mol. The summed E-state index contributed by atoms with van der Waals surface area (Å²) in [6, 6.07) is 7.16. The molecule has 3 aliphatic rings. The van der Waals surface area contributed by atoms with Gasteiger partial charge in [-0.2, -0.15) is 0 Å². The molecule has 1 aromatic carbocycles. The van der Waals surface area contributed by atoms with Gasteiger partial charge in [-0.15, -0.1) is 0 Å². The summed E-state index contributed by atoms with van der Waals surface area (Å²) in [7, 11) is 0. The van der Waals surface area contributed by atoms with Crippen molar-refractivity contribution < 1.29 is 14.4 Å². The fraction of sp³-hybridized carbons (Fsp3) is 0.480. The second-order valence-corrected chi connectivity index (χ2v) is 10.7. The maximum Gasteiger partial charge on any atom is 0.332 e. The van der Waals surface area contributed by atoms with Gasteiger partial charge in [-0.1, -0.05) is 19.9 Å². The largest absolute Gasteiger partial charge is 0.368 e. The molecule has 184 valence electrons. The monoisotopic (exact) mass is 477 g/mol. The number of imide groups is 1. The highest BCUT2D eigenvalue weighted by molar-refractivity contribution is 6.23. The third kappa shape index (κ3) is 4.01. The number of hydrogen-bond acceptors (Lipinski definition) is 7. The molecule has 2 aliphatic heterocycles. The normalized spacial score (nSPS) is 20.5. The number of rotatable bonds is 6. The molecular formula is C25H31N7O3. The number of nitrogens with one attached hydrogen (secondary N) is 1. The number of fused-ring (bicyclic) bond motifs is 1. The first kappa shape index (κ1) is 23.2. The molecule has 0 radical (unpaired) electrons. The lowest BCUT2D eigenvalue weighted by molar-refractivity contribution is -0.123. The number of nitrogens with zero attached hydrogens (tertiary/aromatic N) is 5. The zero-order valence-corrected chi connectivity index (χ0v) is 20.5. The first-order valence-electron chi connectivity index (χ1n) is 11.9. The number of urea groups is 1. The lowest BCUT2D eigenvalue weighted by Crippen LogP contribution is -2.43. The molecule has 0 spiro atoms. The summed E-state index contributed by atoms with van der Waals surface area (Å²) in [6.07, 6.45) is 3.73. The number of carbonyl (C=O) groups is 3. The zero-order chi connectivity index (χ0) is 25.1. The van der Waals surface area contributed by atoms with Crippen LogP contribution in [-0.2, 0) is 21.5 Å². The van der Waals surface area contributed by atoms with Crippen LogP contribution in [0.5, 0.6) is 0 Å². The fourth-order valence-electron chi connectivity index (χ4n) is 4.85. The fourth-order valence-corrected chi connectivity index (χ4v) is 4.85. The van der Waals surface area contributed by atoms with Crippen molar-refractivity contribution >= 4 is 35.2 Å². The van der Waals surface area contributed by atoms with Crippen LogP contribution in [0.2, 0.25) is 0 Å². The van der Waals surface area contributed by atoms with Crippen LogP contribution in [0.3, 0.4) is 0 Å². The Morgan fingerprint density at radius 1 is 1.17 bits per heavy atom. The summed E-state index contributed by atoms with van der Waals surface area (Å²) in [5.74, 6) is -0.240. The van der Waals surface area contributed by atoms with E-state index in [0.717, 1.165) is 24.1 Å². The molecule has 0 unspecified atom stereocenters. The molecule has 1 saturated heterocycles. The van der Waals surface area contributed by atoms with Crippen molar-refractivity contribution in [2.75, 3.05) is 28.6 Å². The van der Waals surface area contributed by atoms with Crippen LogP contribution >= 0.6 is 0 Å². The van der Waals surface area contributed by atoms with E-state index in [2.05, 4.69) is 29.1 Å². The lowest BCUT2D eigenvalue weighted by Gasteiger charge is -2.27. The maximum absolute atomic E-state index is 13.5. The maximum atomic E-state index is 13.5. The molecule has 1 saturated carbocycles. The summed E-state index contributed by atoms with van der Waals surface area (Å²) < 4.78 is 0. The van der Waals surface area contributed by atoms with Crippen LogP contribution in [0, 0.1) is 0 Å². The first-order valence-corrected chi connectivity index (χ1v) is 11.9. The van der Waals surface area contributed by atoms with Crippen LogP contribution in [0.25, 0.3) is 0 Å². The molecule has 3 N–H and O–H groups in total. The van der Waals surface area contributed by atoms with E-state index in [1.54, 1.807) is 36.9 Å². The number of carbonyl (C=O) groups excluding carboxylic acids is 3. The van der Waals surface area contributed by atoms with Gasteiger partial charge < -0.3 is 20.9 Å². The van der Waals surface area contributed by atoms with Crippen molar-refractivity contribution in [3.05, 3.63) is 41.7 Å². The summed E-state index contributed by atoms with van der Waals surface area (Å²) in [5, 5.41) is 3.28. The summed E-state index contributed by atoms with van der Waals surface area (Å²) >= 11 is 0. The summed E-state index contributed by atoms with van der Waals surface area (Å²) in [4.78, 5) is 52.5. The number of nitrogen functional groups attached to an aromatic ring is 1. The number of hydrogen-bond donors (Lipinski definition) is 2. The second-order valence-electron chi connectivity index (χ2n) is 10.7. The molecule has 10 heteroatoms. The van der Waals surface area contributed by atoms with Crippen molar-refractivity contribution in [1.29, 1.82) is 0 Å². The SMILES string of the molecule is CC1(C)CN(C(=O)CNC2CC2)c2cc(N3C(=O)N(Cc4ccnc(N)n4)C(C)(C)C3=O)ccc21. The van der Waals surface area contributed by atoms with E-state index < -0.39 is 11.6 Å². The molecule has 0 atom stereocenters. The number of benzene rings is 1. The van der Waals surface area contributed by atoms with Gasteiger partial charge in [0.2, 0.25) is 11.9 Å². The van der Waals surface area contributed by atoms with Crippen molar-refractivity contribution in [3.8, 4) is 0 Å². The second kappa shape index (κ2) is 8.01. The van der Waals surface area contributed by atoms with Crippen LogP contribution < -0.4 is 20.9 Å². The van der Waals surface area contributed by atoms with Crippen molar-refractivity contribution in [2.24, 2.45) is 0 Å². The molecule has 3 heterocycles. The average molecular weight is 478 g/mol. The van der Waals surface area contributed by atoms with E-state index >= 15 is 0 Å². The van der Waals surface area contributed by atoms with Gasteiger partial charge in [0.1, 0.15) is 5.54 Å². The molecule has 1 aromatic heterocycles. The third-order valence-electron chi connectivity index (χ3n) is 7.11. The Hall–Kier alpha value is -3.53. The zero-order valence-electron chi connectivity index (χ0n) is 20.5. The predicted octanol–water partition coefficient (Wildman–Crippen LogP) is 2.18. The van der Waals surface area contributed by atoms with Crippen molar-refractivity contribution in [1.82, 2.24) is 20.2 Å². The Kier molecular flexibility index (Phi) is 5.32. The Labute approximate surface area is 204 Å². The lowest BCUT2D eigenvalue weighted by atomic mass is 9.87. The topological polar surface area (TPSA) is 125 Å². The molecule has 5 rings (SSSR count). The minimum Gasteiger partial charge on any atom is -0.368 e. The van der Waals surface area contributed by atoms with Gasteiger partial charge in [0.25, 0.3) is 5.91 Å². The molecule has 2 fully saturated rings. The average Bonchev–Trinajstić information content (AvgIpc) is 3.56. The molecule has 0 bridgehead atoms. The van der Waals surface area contributed by atoms with Gasteiger partial charge in [0.05, 0.1) is 24.5 Å². The Morgan fingerprint density at radius 2 is 1.91 bits per heavy atom. The van der Waals surface area contributed by atoms with E-state index in [4.69, 9.17) is 5.73 Å². The van der Waals surface area contributed by atoms with Crippen LogP contribution in [0.1, 0.15) is 51.8 Å². The smallest absolute Gasteiger partial charge is 0.332 e. The quantitative estimate of drug-likeness (QED) is 0.611.